The van der Waals surface area contributed by atoms with Gasteiger partial charge in [-0.1, -0.05) is 104 Å². The van der Waals surface area contributed by atoms with Crippen molar-refractivity contribution in [1.82, 2.24) is 0 Å². The second-order valence-electron chi connectivity index (χ2n) is 7.37. The lowest BCUT2D eigenvalue weighted by Gasteiger charge is -2.33. The molecule has 0 bridgehead atoms. The van der Waals surface area contributed by atoms with Gasteiger partial charge >= 0.3 is 0 Å². The molecule has 29 heavy (non-hydrogen) atoms. The largest absolute Gasteiger partial charge is 0.373 e. The van der Waals surface area contributed by atoms with Crippen molar-refractivity contribution in [3.8, 4) is 0 Å². The smallest absolute Gasteiger partial charge is 0.112 e. The Morgan fingerprint density at radius 2 is 1.21 bits per heavy atom. The van der Waals surface area contributed by atoms with Crippen LogP contribution in [0.1, 0.15) is 43.4 Å². The van der Waals surface area contributed by atoms with Crippen LogP contribution in [-0.4, -0.2) is 18.9 Å². The van der Waals surface area contributed by atoms with Crippen LogP contribution in [0.2, 0.25) is 0 Å². The highest BCUT2D eigenvalue weighted by molar-refractivity contribution is 7.99. The van der Waals surface area contributed by atoms with Crippen molar-refractivity contribution in [2.45, 2.75) is 37.0 Å². The first kappa shape index (κ1) is 21.4. The van der Waals surface area contributed by atoms with Crippen LogP contribution >= 0.6 is 11.9 Å². The summed E-state index contributed by atoms with van der Waals surface area (Å²) in [5.74, 6) is 0. The zero-order chi connectivity index (χ0) is 20.6. The van der Waals surface area contributed by atoms with Gasteiger partial charge < -0.3 is 4.74 Å². The Kier molecular flexibility index (Phi) is 7.29. The summed E-state index contributed by atoms with van der Waals surface area (Å²) in [7, 11) is 1.76. The first-order valence-electron chi connectivity index (χ1n) is 10.1. The zero-order valence-corrected chi connectivity index (χ0v) is 18.2. The maximum absolute atomic E-state index is 5.75. The Balaban J connectivity index is 2.15. The van der Waals surface area contributed by atoms with Gasteiger partial charge in [0.1, 0.15) is 10.3 Å². The molecule has 0 aliphatic rings. The molecule has 0 aliphatic heterocycles. The molecule has 0 aromatic heterocycles. The van der Waals surface area contributed by atoms with Crippen LogP contribution in [0.5, 0.6) is 0 Å². The van der Waals surface area contributed by atoms with E-state index in [9.17, 15) is 0 Å². The lowest BCUT2D eigenvalue weighted by Crippen LogP contribution is -2.29. The van der Waals surface area contributed by atoms with Crippen LogP contribution in [0, 0.1) is 0 Å². The Bertz CT molecular complexity index is 799. The molecule has 0 saturated carbocycles. The number of methoxy groups -OCH3 is 1. The normalized spacial score (nSPS) is 14.0. The molecule has 2 nitrogen and oxygen atoms in total. The number of hydrogen-bond donors (Lipinski definition) is 0. The highest BCUT2D eigenvalue weighted by Gasteiger charge is 2.37. The van der Waals surface area contributed by atoms with Gasteiger partial charge in [-0.05, 0) is 42.0 Å². The van der Waals surface area contributed by atoms with E-state index in [0.29, 0.717) is 0 Å². The maximum atomic E-state index is 5.75. The van der Waals surface area contributed by atoms with Gasteiger partial charge in [0.15, 0.2) is 0 Å². The molecule has 1 atom stereocenters. The average molecular weight is 404 g/mol. The molecule has 3 heteroatoms. The van der Waals surface area contributed by atoms with Crippen molar-refractivity contribution in [1.29, 1.82) is 0 Å². The van der Waals surface area contributed by atoms with Crippen LogP contribution in [0.25, 0.3) is 0 Å². The van der Waals surface area contributed by atoms with Crippen LogP contribution in [0.4, 0.5) is 0 Å². The monoisotopic (exact) mass is 403 g/mol. The third-order valence-corrected chi connectivity index (χ3v) is 6.46. The topological polar surface area (TPSA) is 21.6 Å². The molecule has 0 unspecified atom stereocenters. The fourth-order valence-corrected chi connectivity index (χ4v) is 4.77. The van der Waals surface area contributed by atoms with E-state index in [1.807, 2.05) is 6.21 Å². The number of benzene rings is 3. The molecule has 3 aromatic rings. The Hall–Kier alpha value is -2.36. The van der Waals surface area contributed by atoms with Crippen molar-refractivity contribution in [3.05, 3.63) is 108 Å². The summed E-state index contributed by atoms with van der Waals surface area (Å²) in [6, 6.07) is 31.8. The molecule has 0 radical (unpaired) electrons. The summed E-state index contributed by atoms with van der Waals surface area (Å²) >= 11 is 1.59. The highest BCUT2D eigenvalue weighted by Crippen LogP contribution is 2.48. The van der Waals surface area contributed by atoms with E-state index in [1.54, 1.807) is 19.1 Å². The summed E-state index contributed by atoms with van der Waals surface area (Å²) in [6.07, 6.45) is 3.94. The number of ether oxygens (including phenoxy) is 1. The number of hydrogen-bond acceptors (Lipinski definition) is 3. The Morgan fingerprint density at radius 1 is 0.793 bits per heavy atom. The number of nitrogens with zero attached hydrogens (tertiary/aromatic N) is 1. The third-order valence-electron chi connectivity index (χ3n) is 5.27. The van der Waals surface area contributed by atoms with Crippen molar-refractivity contribution in [2.75, 3.05) is 7.11 Å². The van der Waals surface area contributed by atoms with E-state index < -0.39 is 4.75 Å². The molecule has 3 rings (SSSR count). The van der Waals surface area contributed by atoms with Crippen molar-refractivity contribution >= 4 is 18.2 Å². The standard InChI is InChI=1S/C26H29NOS/c1-4-20-25(2,28-3)21-27-29-26(22-14-8-5-9-15-22,23-16-10-6-11-17-23)24-18-12-7-13-19-24/h5-19,21H,4,20H2,1-3H3/t25-/m0/s1. The molecule has 150 valence electrons. The molecule has 0 N–H and O–H groups in total. The van der Waals surface area contributed by atoms with Gasteiger partial charge in [-0.3, -0.25) is 0 Å². The van der Waals surface area contributed by atoms with Crippen LogP contribution < -0.4 is 0 Å². The second-order valence-corrected chi connectivity index (χ2v) is 8.38. The molecule has 0 heterocycles. The van der Waals surface area contributed by atoms with Gasteiger partial charge in [-0.15, -0.1) is 0 Å². The van der Waals surface area contributed by atoms with Crippen molar-refractivity contribution in [2.24, 2.45) is 4.40 Å². The fourth-order valence-electron chi connectivity index (χ4n) is 3.61. The van der Waals surface area contributed by atoms with Gasteiger partial charge in [0.25, 0.3) is 0 Å². The van der Waals surface area contributed by atoms with Crippen LogP contribution in [0.15, 0.2) is 95.4 Å². The van der Waals surface area contributed by atoms with E-state index in [2.05, 4.69) is 105 Å². The molecule has 3 aromatic carbocycles. The summed E-state index contributed by atoms with van der Waals surface area (Å²) in [5, 5.41) is 0. The predicted molar refractivity (Wildman–Crippen MR) is 126 cm³/mol. The molecule has 0 spiro atoms. The zero-order valence-electron chi connectivity index (χ0n) is 17.4. The molecule has 0 aliphatic carbocycles. The van der Waals surface area contributed by atoms with E-state index in [1.165, 1.54) is 16.7 Å². The number of rotatable bonds is 9. The minimum atomic E-state index is -0.443. The lowest BCUT2D eigenvalue weighted by molar-refractivity contribution is 0.0627. The van der Waals surface area contributed by atoms with Crippen molar-refractivity contribution in [3.63, 3.8) is 0 Å². The second kappa shape index (κ2) is 9.91. The van der Waals surface area contributed by atoms with E-state index >= 15 is 0 Å². The Morgan fingerprint density at radius 3 is 1.55 bits per heavy atom. The first-order chi connectivity index (χ1) is 14.1. The lowest BCUT2D eigenvalue weighted by atomic mass is 9.84. The fraction of sp³-hybridized carbons (Fsp3) is 0.269. The van der Waals surface area contributed by atoms with Gasteiger partial charge in [-0.2, -0.15) is 0 Å². The van der Waals surface area contributed by atoms with Gasteiger partial charge in [0, 0.05) is 13.3 Å². The van der Waals surface area contributed by atoms with E-state index in [-0.39, 0.29) is 5.60 Å². The quantitative estimate of drug-likeness (QED) is 0.220. The summed E-state index contributed by atoms with van der Waals surface area (Å²) < 4.78 is 10.2. The van der Waals surface area contributed by atoms with Crippen LogP contribution in [0.3, 0.4) is 0 Å². The maximum Gasteiger partial charge on any atom is 0.112 e. The van der Waals surface area contributed by atoms with Gasteiger partial charge in [0.05, 0.1) is 0 Å². The molecule has 0 saturated heterocycles. The average Bonchev–Trinajstić information content (AvgIpc) is 2.79. The van der Waals surface area contributed by atoms with E-state index in [4.69, 9.17) is 9.13 Å². The van der Waals surface area contributed by atoms with Crippen LogP contribution in [-0.2, 0) is 9.48 Å². The van der Waals surface area contributed by atoms with Gasteiger partial charge in [0.2, 0.25) is 0 Å². The minimum Gasteiger partial charge on any atom is -0.373 e. The Labute approximate surface area is 179 Å². The predicted octanol–water partition coefficient (Wildman–Crippen LogP) is 6.90. The summed E-state index contributed by atoms with van der Waals surface area (Å²) in [4.78, 5) is 0. The molecule has 0 fully saturated rings. The minimum absolute atomic E-state index is 0.364. The SMILES string of the molecule is CCC[C@@](C)(C=NSC(c1ccccc1)(c1ccccc1)c1ccccc1)OC. The molecular formula is C26H29NOS. The molecular weight excluding hydrogens is 374 g/mol. The summed E-state index contributed by atoms with van der Waals surface area (Å²) in [5.41, 5.74) is 3.25. The van der Waals surface area contributed by atoms with E-state index in [0.717, 1.165) is 12.8 Å². The van der Waals surface area contributed by atoms with Gasteiger partial charge in [-0.25, -0.2) is 4.40 Å². The highest BCUT2D eigenvalue weighted by atomic mass is 32.2. The summed E-state index contributed by atoms with van der Waals surface area (Å²) in [6.45, 7) is 4.26. The molecule has 0 amide bonds. The first-order valence-corrected chi connectivity index (χ1v) is 10.9. The third kappa shape index (κ3) is 4.80. The van der Waals surface area contributed by atoms with Crippen molar-refractivity contribution < 1.29 is 4.74 Å².